The number of nitrogens with zero attached hydrogens (tertiary/aromatic N) is 1. The van der Waals surface area contributed by atoms with Crippen LogP contribution in [0.25, 0.3) is 0 Å². The molecular weight excluding hydrogens is 364 g/mol. The van der Waals surface area contributed by atoms with Crippen molar-refractivity contribution in [3.05, 3.63) is 89.0 Å². The molecule has 5 nitrogen and oxygen atoms in total. The van der Waals surface area contributed by atoms with E-state index in [1.165, 1.54) is 5.56 Å². The van der Waals surface area contributed by atoms with E-state index in [2.05, 4.69) is 36.5 Å². The molecule has 3 aromatic carbocycles. The zero-order valence-corrected chi connectivity index (χ0v) is 16.2. The van der Waals surface area contributed by atoms with Gasteiger partial charge in [0.2, 0.25) is 0 Å². The zero-order valence-electron chi connectivity index (χ0n) is 16.2. The van der Waals surface area contributed by atoms with Crippen molar-refractivity contribution < 1.29 is 14.3 Å². The largest absolute Gasteiger partial charge is 0.486 e. The number of fused-ring (bicyclic) bond motifs is 2. The van der Waals surface area contributed by atoms with Crippen molar-refractivity contribution in [2.24, 2.45) is 0 Å². The number of ether oxygens (including phenoxy) is 2. The lowest BCUT2D eigenvalue weighted by Crippen LogP contribution is -2.42. The minimum atomic E-state index is -0.297. The number of nitrogens with one attached hydrogen (secondary N) is 1. The van der Waals surface area contributed by atoms with E-state index >= 15 is 0 Å². The summed E-state index contributed by atoms with van der Waals surface area (Å²) < 4.78 is 11.4. The molecule has 146 valence electrons. The smallest absolute Gasteiger partial charge is 0.258 e. The Bertz CT molecular complexity index is 1060. The molecule has 0 spiro atoms. The molecule has 2 aliphatic heterocycles. The topological polar surface area (TPSA) is 50.8 Å². The number of aryl methyl sites for hydroxylation is 1. The summed E-state index contributed by atoms with van der Waals surface area (Å²) in [6, 6.07) is 21.8. The first-order valence-corrected chi connectivity index (χ1v) is 9.81. The number of amides is 1. The Morgan fingerprint density at radius 3 is 2.55 bits per heavy atom. The second kappa shape index (κ2) is 7.17. The fourth-order valence-corrected chi connectivity index (χ4v) is 3.84. The molecule has 0 fully saturated rings. The first-order valence-electron chi connectivity index (χ1n) is 9.81. The lowest BCUT2D eigenvalue weighted by molar-refractivity contribution is 0.0666. The van der Waals surface area contributed by atoms with Crippen molar-refractivity contribution in [3.63, 3.8) is 0 Å². The van der Waals surface area contributed by atoms with Gasteiger partial charge in [-0.25, -0.2) is 0 Å². The maximum absolute atomic E-state index is 13.4. The van der Waals surface area contributed by atoms with Crippen LogP contribution in [0.15, 0.2) is 66.7 Å². The summed E-state index contributed by atoms with van der Waals surface area (Å²) in [6.07, 6.45) is -0.297. The fraction of sp³-hybridized carbons (Fsp3) is 0.208. The van der Waals surface area contributed by atoms with Gasteiger partial charge in [0.05, 0.1) is 5.56 Å². The summed E-state index contributed by atoms with van der Waals surface area (Å²) in [5, 5.41) is 3.54. The number of para-hydroxylation sites is 1. The Hall–Kier alpha value is -3.47. The molecule has 2 aliphatic rings. The molecule has 1 atom stereocenters. The first-order chi connectivity index (χ1) is 14.2. The van der Waals surface area contributed by atoms with Crippen molar-refractivity contribution in [1.29, 1.82) is 0 Å². The van der Waals surface area contributed by atoms with Gasteiger partial charge in [-0.3, -0.25) is 4.79 Å². The van der Waals surface area contributed by atoms with Gasteiger partial charge in [0.1, 0.15) is 19.4 Å². The number of benzene rings is 3. The molecule has 29 heavy (non-hydrogen) atoms. The number of rotatable bonds is 3. The number of anilines is 1. The van der Waals surface area contributed by atoms with Crippen LogP contribution in [0.5, 0.6) is 11.5 Å². The highest BCUT2D eigenvalue weighted by Gasteiger charge is 2.33. The van der Waals surface area contributed by atoms with Crippen molar-refractivity contribution in [3.8, 4) is 11.5 Å². The third-order valence-electron chi connectivity index (χ3n) is 5.38. The van der Waals surface area contributed by atoms with Crippen molar-refractivity contribution in [1.82, 2.24) is 4.90 Å². The molecule has 5 heteroatoms. The van der Waals surface area contributed by atoms with E-state index in [-0.39, 0.29) is 12.1 Å². The SMILES string of the molecule is Cc1ccc(CN2C(=O)c3ccccc3N[C@@H]2c2ccc3c(c2)OCCO3)cc1. The van der Waals surface area contributed by atoms with E-state index in [0.717, 1.165) is 28.3 Å². The summed E-state index contributed by atoms with van der Waals surface area (Å²) in [6.45, 7) is 3.66. The van der Waals surface area contributed by atoms with Gasteiger partial charge in [-0.1, -0.05) is 48.0 Å². The Kier molecular flexibility index (Phi) is 4.35. The molecule has 0 saturated carbocycles. The highest BCUT2D eigenvalue weighted by Crippen LogP contribution is 2.38. The summed E-state index contributed by atoms with van der Waals surface area (Å²) >= 11 is 0. The highest BCUT2D eigenvalue weighted by atomic mass is 16.6. The van der Waals surface area contributed by atoms with Gasteiger partial charge in [-0.05, 0) is 42.3 Å². The molecule has 0 bridgehead atoms. The number of carbonyl (C=O) groups excluding carboxylic acids is 1. The van der Waals surface area contributed by atoms with Gasteiger partial charge in [-0.15, -0.1) is 0 Å². The van der Waals surface area contributed by atoms with Crippen LogP contribution in [-0.4, -0.2) is 24.0 Å². The molecule has 0 saturated heterocycles. The van der Waals surface area contributed by atoms with Crippen LogP contribution in [0.1, 0.15) is 33.2 Å². The monoisotopic (exact) mass is 386 g/mol. The van der Waals surface area contributed by atoms with Crippen molar-refractivity contribution >= 4 is 11.6 Å². The normalized spacial score (nSPS) is 17.5. The number of hydrogen-bond donors (Lipinski definition) is 1. The third-order valence-corrected chi connectivity index (χ3v) is 5.38. The fourth-order valence-electron chi connectivity index (χ4n) is 3.84. The van der Waals surface area contributed by atoms with E-state index in [4.69, 9.17) is 9.47 Å². The molecule has 0 aliphatic carbocycles. The minimum absolute atomic E-state index is 0.0137. The summed E-state index contributed by atoms with van der Waals surface area (Å²) in [5.74, 6) is 1.48. The predicted molar refractivity (Wildman–Crippen MR) is 111 cm³/mol. The second-order valence-electron chi connectivity index (χ2n) is 7.41. The zero-order chi connectivity index (χ0) is 19.8. The Balaban J connectivity index is 1.55. The summed E-state index contributed by atoms with van der Waals surface area (Å²) in [7, 11) is 0. The standard InChI is InChI=1S/C24H22N2O3/c1-16-6-8-17(9-7-16)15-26-23(25-20-5-3-2-4-19(20)24(26)27)18-10-11-21-22(14-18)29-13-12-28-21/h2-11,14,23,25H,12-13,15H2,1H3/t23-/m0/s1. The van der Waals surface area contributed by atoms with Crippen LogP contribution in [0, 0.1) is 6.92 Å². The van der Waals surface area contributed by atoms with Crippen LogP contribution in [0.2, 0.25) is 0 Å². The maximum Gasteiger partial charge on any atom is 0.258 e. The molecule has 1 amide bonds. The van der Waals surface area contributed by atoms with Crippen molar-refractivity contribution in [2.45, 2.75) is 19.6 Å². The van der Waals surface area contributed by atoms with E-state index in [0.29, 0.717) is 25.3 Å². The van der Waals surface area contributed by atoms with E-state index in [9.17, 15) is 4.79 Å². The van der Waals surface area contributed by atoms with Gasteiger partial charge < -0.3 is 19.7 Å². The Morgan fingerprint density at radius 1 is 0.966 bits per heavy atom. The maximum atomic E-state index is 13.4. The average molecular weight is 386 g/mol. The quantitative estimate of drug-likeness (QED) is 0.718. The molecule has 5 rings (SSSR count). The van der Waals surface area contributed by atoms with Gasteiger partial charge >= 0.3 is 0 Å². The van der Waals surface area contributed by atoms with E-state index < -0.39 is 0 Å². The van der Waals surface area contributed by atoms with Gasteiger partial charge in [0.15, 0.2) is 11.5 Å². The second-order valence-corrected chi connectivity index (χ2v) is 7.41. The van der Waals surface area contributed by atoms with Crippen LogP contribution < -0.4 is 14.8 Å². The van der Waals surface area contributed by atoms with E-state index in [1.807, 2.05) is 47.4 Å². The lowest BCUT2D eigenvalue weighted by Gasteiger charge is -2.38. The molecular formula is C24H22N2O3. The lowest BCUT2D eigenvalue weighted by atomic mass is 10.0. The highest BCUT2D eigenvalue weighted by molar-refractivity contribution is 6.01. The molecule has 2 heterocycles. The molecule has 0 unspecified atom stereocenters. The Labute approximate surface area is 169 Å². The predicted octanol–water partition coefficient (Wildman–Crippen LogP) is 4.53. The van der Waals surface area contributed by atoms with Crippen molar-refractivity contribution in [2.75, 3.05) is 18.5 Å². The van der Waals surface area contributed by atoms with Crippen LogP contribution in [0.3, 0.4) is 0 Å². The molecule has 3 aromatic rings. The van der Waals surface area contributed by atoms with Gasteiger partial charge in [0, 0.05) is 12.2 Å². The number of carbonyl (C=O) groups is 1. The van der Waals surface area contributed by atoms with Crippen LogP contribution in [0.4, 0.5) is 5.69 Å². The molecule has 0 radical (unpaired) electrons. The molecule has 1 N–H and O–H groups in total. The van der Waals surface area contributed by atoms with E-state index in [1.54, 1.807) is 0 Å². The van der Waals surface area contributed by atoms with Crippen LogP contribution in [-0.2, 0) is 6.54 Å². The first kappa shape index (κ1) is 17.6. The van der Waals surface area contributed by atoms with Gasteiger partial charge in [0.25, 0.3) is 5.91 Å². The average Bonchev–Trinajstić information content (AvgIpc) is 2.76. The molecule has 0 aromatic heterocycles. The summed E-state index contributed by atoms with van der Waals surface area (Å²) in [4.78, 5) is 15.3. The number of hydrogen-bond acceptors (Lipinski definition) is 4. The van der Waals surface area contributed by atoms with Gasteiger partial charge in [-0.2, -0.15) is 0 Å². The minimum Gasteiger partial charge on any atom is -0.486 e. The third kappa shape index (κ3) is 3.29. The van der Waals surface area contributed by atoms with Crippen LogP contribution >= 0.6 is 0 Å². The Morgan fingerprint density at radius 2 is 1.72 bits per heavy atom. The summed E-state index contributed by atoms with van der Waals surface area (Å²) in [5.41, 5.74) is 4.79.